The van der Waals surface area contributed by atoms with Crippen molar-refractivity contribution >= 4 is 10.9 Å². The van der Waals surface area contributed by atoms with Gasteiger partial charge in [-0.1, -0.05) is 35.9 Å². The first-order valence-electron chi connectivity index (χ1n) is 8.96. The number of H-pyrrole nitrogens is 1. The van der Waals surface area contributed by atoms with Crippen LogP contribution in [0.4, 0.5) is 0 Å². The number of aromatic amines is 1. The minimum Gasteiger partial charge on any atom is -0.299 e. The largest absolute Gasteiger partial charge is 0.299 e. The molecule has 2 heterocycles. The number of benzene rings is 2. The summed E-state index contributed by atoms with van der Waals surface area (Å²) in [5, 5.41) is 8.38. The third kappa shape index (κ3) is 3.51. The van der Waals surface area contributed by atoms with Crippen LogP contribution in [0.5, 0.6) is 0 Å². The van der Waals surface area contributed by atoms with E-state index in [1.165, 1.54) is 54.4 Å². The second-order valence-corrected chi connectivity index (χ2v) is 7.23. The average molecular weight is 319 g/mol. The summed E-state index contributed by atoms with van der Waals surface area (Å²) in [4.78, 5) is 2.62. The smallest absolute Gasteiger partial charge is 0.0650 e. The highest BCUT2D eigenvalue weighted by Gasteiger charge is 2.20. The molecule has 1 N–H and O–H groups in total. The molecule has 3 heteroatoms. The fourth-order valence-electron chi connectivity index (χ4n) is 3.98. The molecule has 0 bridgehead atoms. The zero-order chi connectivity index (χ0) is 16.4. The van der Waals surface area contributed by atoms with Gasteiger partial charge in [-0.2, -0.15) is 5.10 Å². The highest BCUT2D eigenvalue weighted by atomic mass is 15.1. The lowest BCUT2D eigenvalue weighted by Gasteiger charge is -2.33. The number of likely N-dealkylation sites (tertiary alicyclic amines) is 1. The normalized spacial score (nSPS) is 19.0. The summed E-state index contributed by atoms with van der Waals surface area (Å²) in [5.41, 5.74) is 5.36. The van der Waals surface area contributed by atoms with E-state index in [4.69, 9.17) is 0 Å². The van der Waals surface area contributed by atoms with Gasteiger partial charge in [-0.15, -0.1) is 0 Å². The van der Waals surface area contributed by atoms with Crippen LogP contribution < -0.4 is 0 Å². The summed E-state index contributed by atoms with van der Waals surface area (Å²) in [5.74, 6) is 0.757. The molecule has 0 amide bonds. The van der Waals surface area contributed by atoms with Crippen molar-refractivity contribution in [2.24, 2.45) is 5.92 Å². The third-order valence-electron chi connectivity index (χ3n) is 5.12. The van der Waals surface area contributed by atoms with Crippen molar-refractivity contribution in [3.05, 3.63) is 65.4 Å². The molecular weight excluding hydrogens is 294 g/mol. The number of hydrogen-bond acceptors (Lipinski definition) is 2. The van der Waals surface area contributed by atoms with E-state index in [0.717, 1.165) is 18.0 Å². The monoisotopic (exact) mass is 319 g/mol. The van der Waals surface area contributed by atoms with Crippen LogP contribution in [0.2, 0.25) is 0 Å². The first-order valence-corrected chi connectivity index (χ1v) is 8.96. The highest BCUT2D eigenvalue weighted by Crippen LogP contribution is 2.24. The van der Waals surface area contributed by atoms with Gasteiger partial charge in [-0.25, -0.2) is 0 Å². The number of fused-ring (bicyclic) bond motifs is 1. The molecule has 1 saturated heterocycles. The van der Waals surface area contributed by atoms with Crippen molar-refractivity contribution in [3.63, 3.8) is 0 Å². The molecule has 124 valence electrons. The Morgan fingerprint density at radius 3 is 3.04 bits per heavy atom. The first-order chi connectivity index (χ1) is 11.8. The zero-order valence-corrected chi connectivity index (χ0v) is 14.3. The van der Waals surface area contributed by atoms with Gasteiger partial charge >= 0.3 is 0 Å². The molecule has 1 aliphatic rings. The van der Waals surface area contributed by atoms with Gasteiger partial charge in [-0.05, 0) is 61.9 Å². The predicted octanol–water partition coefficient (Wildman–Crippen LogP) is 4.33. The fraction of sp³-hybridized carbons (Fsp3) is 0.381. The second kappa shape index (κ2) is 6.78. The molecule has 4 rings (SSSR count). The SMILES string of the molecule is Cc1cccc(CN2CCC[C@@H](Cc3ccc4[nH]ncc4c3)C2)c1. The number of aromatic nitrogens is 2. The Balaban J connectivity index is 1.40. The van der Waals surface area contributed by atoms with Gasteiger partial charge in [0.15, 0.2) is 0 Å². The molecule has 1 atom stereocenters. The maximum absolute atomic E-state index is 4.12. The summed E-state index contributed by atoms with van der Waals surface area (Å²) >= 11 is 0. The summed E-state index contributed by atoms with van der Waals surface area (Å²) < 4.78 is 0. The van der Waals surface area contributed by atoms with Crippen LogP contribution in [0, 0.1) is 12.8 Å². The minimum atomic E-state index is 0.757. The standard InChI is InChI=1S/C21H25N3/c1-16-4-2-5-18(10-16)14-24-9-3-6-19(15-24)11-17-7-8-21-20(12-17)13-22-23-21/h2,4-5,7-8,10,12-13,19H,3,6,9,11,14-15H2,1H3,(H,22,23)/t19-/m0/s1. The number of hydrogen-bond donors (Lipinski definition) is 1. The number of nitrogens with zero attached hydrogens (tertiary/aromatic N) is 2. The molecule has 1 aliphatic heterocycles. The van der Waals surface area contributed by atoms with Crippen molar-refractivity contribution in [2.75, 3.05) is 13.1 Å². The van der Waals surface area contributed by atoms with Crippen molar-refractivity contribution < 1.29 is 0 Å². The molecule has 0 aliphatic carbocycles. The maximum Gasteiger partial charge on any atom is 0.0650 e. The summed E-state index contributed by atoms with van der Waals surface area (Å²) in [6.45, 7) is 5.69. The molecule has 1 fully saturated rings. The van der Waals surface area contributed by atoms with Crippen LogP contribution >= 0.6 is 0 Å². The molecule has 0 saturated carbocycles. The highest BCUT2D eigenvalue weighted by molar-refractivity contribution is 5.78. The van der Waals surface area contributed by atoms with Crippen LogP contribution in [-0.4, -0.2) is 28.2 Å². The van der Waals surface area contributed by atoms with Gasteiger partial charge in [0.05, 0.1) is 11.7 Å². The van der Waals surface area contributed by atoms with Crippen molar-refractivity contribution in [2.45, 2.75) is 32.7 Å². The van der Waals surface area contributed by atoms with E-state index in [1.807, 2.05) is 6.20 Å². The van der Waals surface area contributed by atoms with Gasteiger partial charge in [0.1, 0.15) is 0 Å². The van der Waals surface area contributed by atoms with Crippen molar-refractivity contribution in [1.82, 2.24) is 15.1 Å². The van der Waals surface area contributed by atoms with E-state index in [2.05, 4.69) is 64.5 Å². The van der Waals surface area contributed by atoms with Crippen LogP contribution in [0.25, 0.3) is 10.9 Å². The Morgan fingerprint density at radius 2 is 2.12 bits per heavy atom. The molecule has 3 nitrogen and oxygen atoms in total. The van der Waals surface area contributed by atoms with E-state index in [0.29, 0.717) is 0 Å². The Bertz CT molecular complexity index is 821. The molecule has 0 radical (unpaired) electrons. The van der Waals surface area contributed by atoms with Crippen molar-refractivity contribution in [3.8, 4) is 0 Å². The summed E-state index contributed by atoms with van der Waals surface area (Å²) in [6.07, 6.45) is 5.74. The molecule has 0 unspecified atom stereocenters. The lowest BCUT2D eigenvalue weighted by Crippen LogP contribution is -2.35. The topological polar surface area (TPSA) is 31.9 Å². The summed E-state index contributed by atoms with van der Waals surface area (Å²) in [7, 11) is 0. The number of rotatable bonds is 4. The second-order valence-electron chi connectivity index (χ2n) is 7.23. The van der Waals surface area contributed by atoms with E-state index in [-0.39, 0.29) is 0 Å². The number of aryl methyl sites for hydroxylation is 1. The molecular formula is C21H25N3. The minimum absolute atomic E-state index is 0.757. The maximum atomic E-state index is 4.12. The Kier molecular flexibility index (Phi) is 4.35. The fourth-order valence-corrected chi connectivity index (χ4v) is 3.98. The van der Waals surface area contributed by atoms with Crippen molar-refractivity contribution in [1.29, 1.82) is 0 Å². The Hall–Kier alpha value is -2.13. The van der Waals surface area contributed by atoms with Crippen LogP contribution in [0.15, 0.2) is 48.7 Å². The number of piperidine rings is 1. The van der Waals surface area contributed by atoms with Gasteiger partial charge < -0.3 is 0 Å². The van der Waals surface area contributed by atoms with E-state index < -0.39 is 0 Å². The van der Waals surface area contributed by atoms with E-state index >= 15 is 0 Å². The van der Waals surface area contributed by atoms with Gasteiger partial charge in [0.25, 0.3) is 0 Å². The Morgan fingerprint density at radius 1 is 1.17 bits per heavy atom. The molecule has 2 aromatic carbocycles. The quantitative estimate of drug-likeness (QED) is 0.776. The summed E-state index contributed by atoms with van der Waals surface area (Å²) in [6, 6.07) is 15.6. The van der Waals surface area contributed by atoms with Gasteiger partial charge in [0, 0.05) is 18.5 Å². The lowest BCUT2D eigenvalue weighted by atomic mass is 9.90. The average Bonchev–Trinajstić information content (AvgIpc) is 3.03. The Labute approximate surface area is 143 Å². The van der Waals surface area contributed by atoms with Crippen LogP contribution in [-0.2, 0) is 13.0 Å². The molecule has 1 aromatic heterocycles. The van der Waals surface area contributed by atoms with Gasteiger partial charge in [-0.3, -0.25) is 10.00 Å². The van der Waals surface area contributed by atoms with E-state index in [9.17, 15) is 0 Å². The van der Waals surface area contributed by atoms with E-state index in [1.54, 1.807) is 0 Å². The lowest BCUT2D eigenvalue weighted by molar-refractivity contribution is 0.167. The third-order valence-corrected chi connectivity index (χ3v) is 5.12. The van der Waals surface area contributed by atoms with Crippen LogP contribution in [0.3, 0.4) is 0 Å². The molecule has 24 heavy (non-hydrogen) atoms. The van der Waals surface area contributed by atoms with Gasteiger partial charge in [0.2, 0.25) is 0 Å². The zero-order valence-electron chi connectivity index (χ0n) is 14.3. The molecule has 0 spiro atoms. The molecule has 3 aromatic rings. The van der Waals surface area contributed by atoms with Crippen LogP contribution in [0.1, 0.15) is 29.5 Å². The number of nitrogens with one attached hydrogen (secondary N) is 1. The predicted molar refractivity (Wildman–Crippen MR) is 99.0 cm³/mol. The first kappa shape index (κ1) is 15.4.